The van der Waals surface area contributed by atoms with Crippen LogP contribution in [0.15, 0.2) is 0 Å². The standard InChI is InChI=1S/C14H24N2/c1-12-13-10-8-6-4-2-3-5-7-9-11-14(13)16-15-12/h2-11H2,1H3,(H,15,16). The highest BCUT2D eigenvalue weighted by Crippen LogP contribution is 2.19. The second-order valence-corrected chi connectivity index (χ2v) is 5.10. The molecule has 1 aliphatic rings. The Morgan fingerprint density at radius 1 is 0.812 bits per heavy atom. The van der Waals surface area contributed by atoms with E-state index >= 15 is 0 Å². The molecule has 1 heterocycles. The predicted molar refractivity (Wildman–Crippen MR) is 67.7 cm³/mol. The summed E-state index contributed by atoms with van der Waals surface area (Å²) in [6.45, 7) is 2.16. The molecule has 2 rings (SSSR count). The van der Waals surface area contributed by atoms with Gasteiger partial charge in [0, 0.05) is 5.69 Å². The number of hydrogen-bond donors (Lipinski definition) is 1. The molecule has 16 heavy (non-hydrogen) atoms. The number of aryl methyl sites for hydroxylation is 2. The molecule has 0 amide bonds. The highest BCUT2D eigenvalue weighted by Gasteiger charge is 2.10. The zero-order valence-corrected chi connectivity index (χ0v) is 10.5. The minimum Gasteiger partial charge on any atom is -0.282 e. The lowest BCUT2D eigenvalue weighted by molar-refractivity contribution is 0.558. The molecule has 0 radical (unpaired) electrons. The van der Waals surface area contributed by atoms with Crippen LogP contribution < -0.4 is 0 Å². The molecule has 0 saturated carbocycles. The third-order valence-corrected chi connectivity index (χ3v) is 3.75. The zero-order chi connectivity index (χ0) is 11.2. The normalized spacial score (nSPS) is 19.6. The second-order valence-electron chi connectivity index (χ2n) is 5.10. The molecule has 1 N–H and O–H groups in total. The van der Waals surface area contributed by atoms with Gasteiger partial charge in [-0.15, -0.1) is 0 Å². The van der Waals surface area contributed by atoms with E-state index in [9.17, 15) is 0 Å². The Kier molecular flexibility index (Phi) is 4.44. The Morgan fingerprint density at radius 3 is 2.06 bits per heavy atom. The number of aromatic nitrogens is 2. The Labute approximate surface area is 98.8 Å². The molecular weight excluding hydrogens is 196 g/mol. The lowest BCUT2D eigenvalue weighted by Crippen LogP contribution is -1.96. The molecular formula is C14H24N2. The minimum absolute atomic E-state index is 1.18. The average Bonchev–Trinajstić information content (AvgIpc) is 2.60. The van der Waals surface area contributed by atoms with Gasteiger partial charge < -0.3 is 0 Å². The van der Waals surface area contributed by atoms with Crippen LogP contribution in [0.5, 0.6) is 0 Å². The summed E-state index contributed by atoms with van der Waals surface area (Å²) in [4.78, 5) is 0. The highest BCUT2D eigenvalue weighted by molar-refractivity contribution is 5.24. The van der Waals surface area contributed by atoms with Crippen LogP contribution in [0.4, 0.5) is 0 Å². The summed E-state index contributed by atoms with van der Waals surface area (Å²) in [5.41, 5.74) is 4.16. The second kappa shape index (κ2) is 6.07. The van der Waals surface area contributed by atoms with Crippen molar-refractivity contribution < 1.29 is 0 Å². The van der Waals surface area contributed by atoms with E-state index in [1.54, 1.807) is 0 Å². The van der Waals surface area contributed by atoms with Crippen LogP contribution in [-0.4, -0.2) is 10.2 Å². The number of aromatic amines is 1. The summed E-state index contributed by atoms with van der Waals surface area (Å²) >= 11 is 0. The number of hydrogen-bond acceptors (Lipinski definition) is 1. The molecule has 0 aromatic carbocycles. The SMILES string of the molecule is Cc1[nH]nc2c1CCCCCCCCCC2. The fourth-order valence-corrected chi connectivity index (χ4v) is 2.70. The van der Waals surface area contributed by atoms with Crippen LogP contribution in [0.1, 0.15) is 68.3 Å². The van der Waals surface area contributed by atoms with E-state index in [2.05, 4.69) is 17.1 Å². The quantitative estimate of drug-likeness (QED) is 0.705. The van der Waals surface area contributed by atoms with E-state index in [0.29, 0.717) is 0 Å². The Morgan fingerprint density at radius 2 is 1.38 bits per heavy atom. The van der Waals surface area contributed by atoms with Gasteiger partial charge in [0.15, 0.2) is 0 Å². The van der Waals surface area contributed by atoms with Crippen molar-refractivity contribution in [1.82, 2.24) is 10.2 Å². The van der Waals surface area contributed by atoms with Crippen LogP contribution in [0.2, 0.25) is 0 Å². The summed E-state index contributed by atoms with van der Waals surface area (Å²) < 4.78 is 0. The number of H-pyrrole nitrogens is 1. The third kappa shape index (κ3) is 3.10. The number of fused-ring (bicyclic) bond motifs is 1. The topological polar surface area (TPSA) is 28.7 Å². The number of nitrogens with one attached hydrogen (secondary N) is 1. The molecule has 2 nitrogen and oxygen atoms in total. The van der Waals surface area contributed by atoms with Crippen LogP contribution in [0.25, 0.3) is 0 Å². The molecule has 0 bridgehead atoms. The fourth-order valence-electron chi connectivity index (χ4n) is 2.70. The van der Waals surface area contributed by atoms with E-state index < -0.39 is 0 Å². The van der Waals surface area contributed by atoms with Crippen molar-refractivity contribution in [2.75, 3.05) is 0 Å². The van der Waals surface area contributed by atoms with Crippen molar-refractivity contribution in [3.05, 3.63) is 17.0 Å². The van der Waals surface area contributed by atoms with Crippen LogP contribution in [0, 0.1) is 6.92 Å². The van der Waals surface area contributed by atoms with Crippen molar-refractivity contribution in [1.29, 1.82) is 0 Å². The maximum absolute atomic E-state index is 4.46. The van der Waals surface area contributed by atoms with Crippen molar-refractivity contribution in [2.45, 2.75) is 71.1 Å². The first-order valence-corrected chi connectivity index (χ1v) is 6.90. The average molecular weight is 220 g/mol. The van der Waals surface area contributed by atoms with E-state index in [1.807, 2.05) is 0 Å². The van der Waals surface area contributed by atoms with Gasteiger partial charge in [-0.3, -0.25) is 5.10 Å². The number of rotatable bonds is 0. The molecule has 2 heteroatoms. The van der Waals surface area contributed by atoms with E-state index in [1.165, 1.54) is 81.2 Å². The molecule has 1 aromatic rings. The lowest BCUT2D eigenvalue weighted by Gasteiger charge is -2.07. The van der Waals surface area contributed by atoms with Crippen molar-refractivity contribution >= 4 is 0 Å². The third-order valence-electron chi connectivity index (χ3n) is 3.75. The van der Waals surface area contributed by atoms with Crippen LogP contribution >= 0.6 is 0 Å². The van der Waals surface area contributed by atoms with E-state index in [-0.39, 0.29) is 0 Å². The molecule has 0 aliphatic heterocycles. The predicted octanol–water partition coefficient (Wildman–Crippen LogP) is 3.94. The summed E-state index contributed by atoms with van der Waals surface area (Å²) in [6, 6.07) is 0. The molecule has 0 spiro atoms. The molecule has 0 atom stereocenters. The summed E-state index contributed by atoms with van der Waals surface area (Å²) in [6.07, 6.45) is 13.6. The van der Waals surface area contributed by atoms with Crippen molar-refractivity contribution in [3.63, 3.8) is 0 Å². The van der Waals surface area contributed by atoms with Gasteiger partial charge in [-0.1, -0.05) is 38.5 Å². The Hall–Kier alpha value is -0.790. The van der Waals surface area contributed by atoms with Gasteiger partial charge in [0.2, 0.25) is 0 Å². The van der Waals surface area contributed by atoms with Crippen molar-refractivity contribution in [3.8, 4) is 0 Å². The van der Waals surface area contributed by atoms with Gasteiger partial charge in [0.25, 0.3) is 0 Å². The van der Waals surface area contributed by atoms with Gasteiger partial charge in [-0.05, 0) is 38.2 Å². The molecule has 0 unspecified atom stereocenters. The summed E-state index contributed by atoms with van der Waals surface area (Å²) in [5.74, 6) is 0. The maximum Gasteiger partial charge on any atom is 0.0656 e. The zero-order valence-electron chi connectivity index (χ0n) is 10.5. The van der Waals surface area contributed by atoms with E-state index in [0.717, 1.165) is 0 Å². The molecule has 0 fully saturated rings. The monoisotopic (exact) mass is 220 g/mol. The first kappa shape index (κ1) is 11.7. The lowest BCUT2D eigenvalue weighted by atomic mass is 9.98. The smallest absolute Gasteiger partial charge is 0.0656 e. The first-order valence-electron chi connectivity index (χ1n) is 6.90. The summed E-state index contributed by atoms with van der Waals surface area (Å²) in [7, 11) is 0. The molecule has 0 saturated heterocycles. The van der Waals surface area contributed by atoms with Crippen molar-refractivity contribution in [2.24, 2.45) is 0 Å². The summed E-state index contributed by atoms with van der Waals surface area (Å²) in [5, 5.41) is 7.62. The van der Waals surface area contributed by atoms with Crippen LogP contribution in [0.3, 0.4) is 0 Å². The van der Waals surface area contributed by atoms with Gasteiger partial charge in [0.1, 0.15) is 0 Å². The van der Waals surface area contributed by atoms with Gasteiger partial charge in [-0.2, -0.15) is 5.10 Å². The van der Waals surface area contributed by atoms with Crippen LogP contribution in [-0.2, 0) is 12.8 Å². The van der Waals surface area contributed by atoms with E-state index in [4.69, 9.17) is 0 Å². The molecule has 1 aromatic heterocycles. The largest absolute Gasteiger partial charge is 0.282 e. The Bertz CT molecular complexity index is 315. The Balaban J connectivity index is 2.00. The maximum atomic E-state index is 4.46. The fraction of sp³-hybridized carbons (Fsp3) is 0.786. The molecule has 1 aliphatic carbocycles. The molecule has 90 valence electrons. The first-order chi connectivity index (χ1) is 7.88. The van der Waals surface area contributed by atoms with Gasteiger partial charge in [-0.25, -0.2) is 0 Å². The minimum atomic E-state index is 1.18. The van der Waals surface area contributed by atoms with Gasteiger partial charge in [0.05, 0.1) is 5.69 Å². The highest BCUT2D eigenvalue weighted by atomic mass is 15.1. The van der Waals surface area contributed by atoms with Gasteiger partial charge >= 0.3 is 0 Å². The number of nitrogens with zero attached hydrogens (tertiary/aromatic N) is 1.